The molecule has 2 saturated heterocycles. The van der Waals surface area contributed by atoms with Crippen LogP contribution in [0.5, 0.6) is 0 Å². The Kier molecular flexibility index (Phi) is 6.54. The normalized spacial score (nSPS) is 19.8. The van der Waals surface area contributed by atoms with Crippen LogP contribution in [0, 0.1) is 0 Å². The van der Waals surface area contributed by atoms with Crippen LogP contribution in [0.15, 0.2) is 22.8 Å². The third-order valence-corrected chi connectivity index (χ3v) is 6.68. The van der Waals surface area contributed by atoms with E-state index in [0.717, 1.165) is 4.90 Å². The molecule has 11 nitrogen and oxygen atoms in total. The Hall–Kier alpha value is -3.70. The maximum absolute atomic E-state index is 13.8. The Morgan fingerprint density at radius 1 is 1.03 bits per heavy atom. The number of alkyl halides is 7. The molecule has 212 valence electrons. The number of nitrogen functional groups attached to an aromatic ring is 1. The molecule has 3 aromatic rings. The standard InChI is InChI=1S/C21H22F7N9O2/c22-19(23,20(24,25)21(26,27)28)11-34-6-8-35(9-7-34)15(38)12-3-1-5-36(12)17-31-16(29)37-18(32-17)30-14(33-37)13-4-2-10-39-13/h2,4,10,12H,1,3,5-9,11H2,(H2,29,30,31,32,33)/t12-/m0/s1. The molecule has 2 N–H and O–H groups in total. The Morgan fingerprint density at radius 2 is 1.74 bits per heavy atom. The van der Waals surface area contributed by atoms with E-state index >= 15 is 0 Å². The fraction of sp³-hybridized carbons (Fsp3) is 0.571. The minimum Gasteiger partial charge on any atom is -0.461 e. The van der Waals surface area contributed by atoms with Crippen molar-refractivity contribution in [2.24, 2.45) is 0 Å². The SMILES string of the molecule is Nc1nc(N2CCC[C@H]2C(=O)N2CCN(CC(F)(F)C(F)(F)C(F)(F)F)CC2)nc2nc(-c3ccco3)nn12. The summed E-state index contributed by atoms with van der Waals surface area (Å²) in [6.07, 6.45) is -3.91. The number of aromatic nitrogens is 5. The van der Waals surface area contributed by atoms with Gasteiger partial charge in [-0.05, 0) is 25.0 Å². The average molecular weight is 565 g/mol. The van der Waals surface area contributed by atoms with Gasteiger partial charge in [0, 0.05) is 32.7 Å². The third-order valence-electron chi connectivity index (χ3n) is 6.68. The second-order valence-corrected chi connectivity index (χ2v) is 9.24. The molecule has 0 saturated carbocycles. The predicted molar refractivity (Wildman–Crippen MR) is 120 cm³/mol. The lowest BCUT2D eigenvalue weighted by Crippen LogP contribution is -2.60. The molecule has 1 amide bonds. The number of carbonyl (C=O) groups is 1. The Morgan fingerprint density at radius 3 is 2.38 bits per heavy atom. The third kappa shape index (κ3) is 4.80. The van der Waals surface area contributed by atoms with Gasteiger partial charge in [0.1, 0.15) is 6.04 Å². The van der Waals surface area contributed by atoms with Crippen molar-refractivity contribution in [2.45, 2.75) is 36.9 Å². The van der Waals surface area contributed by atoms with Gasteiger partial charge in [0.05, 0.1) is 12.8 Å². The molecule has 3 aromatic heterocycles. The van der Waals surface area contributed by atoms with Crippen LogP contribution in [-0.4, -0.2) is 104 Å². The highest BCUT2D eigenvalue weighted by Crippen LogP contribution is 2.46. The zero-order valence-electron chi connectivity index (χ0n) is 20.1. The molecular weight excluding hydrogens is 543 g/mol. The smallest absolute Gasteiger partial charge is 0.459 e. The number of carbonyl (C=O) groups excluding carboxylic acids is 1. The van der Waals surface area contributed by atoms with Crippen molar-refractivity contribution in [1.82, 2.24) is 34.4 Å². The molecule has 0 spiro atoms. The number of anilines is 2. The molecule has 0 aliphatic carbocycles. The summed E-state index contributed by atoms with van der Waals surface area (Å²) in [7, 11) is 0. The van der Waals surface area contributed by atoms with Crippen LogP contribution in [0.1, 0.15) is 12.8 Å². The van der Waals surface area contributed by atoms with Gasteiger partial charge in [0.25, 0.3) is 5.78 Å². The number of rotatable bonds is 6. The first-order valence-corrected chi connectivity index (χ1v) is 11.8. The first-order valence-electron chi connectivity index (χ1n) is 11.8. The molecule has 2 aliphatic rings. The molecule has 2 fully saturated rings. The monoisotopic (exact) mass is 565 g/mol. The van der Waals surface area contributed by atoms with Gasteiger partial charge < -0.3 is 20.0 Å². The van der Waals surface area contributed by atoms with Gasteiger partial charge in [0.15, 0.2) is 5.76 Å². The van der Waals surface area contributed by atoms with E-state index in [9.17, 15) is 35.5 Å². The summed E-state index contributed by atoms with van der Waals surface area (Å²) in [5.41, 5.74) is 6.04. The number of hydrogen-bond acceptors (Lipinski definition) is 9. The number of nitrogens with zero attached hydrogens (tertiary/aromatic N) is 8. The lowest BCUT2D eigenvalue weighted by Gasteiger charge is -2.39. The van der Waals surface area contributed by atoms with E-state index in [1.807, 2.05) is 0 Å². The fourth-order valence-corrected chi connectivity index (χ4v) is 4.62. The zero-order valence-corrected chi connectivity index (χ0v) is 20.1. The predicted octanol–water partition coefficient (Wildman–Crippen LogP) is 2.31. The number of piperazine rings is 1. The van der Waals surface area contributed by atoms with Crippen LogP contribution in [0.2, 0.25) is 0 Å². The van der Waals surface area contributed by atoms with Crippen molar-refractivity contribution in [3.8, 4) is 11.6 Å². The van der Waals surface area contributed by atoms with E-state index in [4.69, 9.17) is 10.2 Å². The lowest BCUT2D eigenvalue weighted by molar-refractivity contribution is -0.356. The van der Waals surface area contributed by atoms with Crippen LogP contribution < -0.4 is 10.6 Å². The van der Waals surface area contributed by atoms with Crippen LogP contribution in [0.4, 0.5) is 42.6 Å². The number of nitrogens with two attached hydrogens (primary N) is 1. The molecule has 0 bridgehead atoms. The number of halogens is 7. The molecule has 39 heavy (non-hydrogen) atoms. The van der Waals surface area contributed by atoms with Crippen LogP contribution >= 0.6 is 0 Å². The molecule has 0 radical (unpaired) electrons. The van der Waals surface area contributed by atoms with E-state index in [1.165, 1.54) is 15.7 Å². The summed E-state index contributed by atoms with van der Waals surface area (Å²) in [6, 6.07) is 2.59. The van der Waals surface area contributed by atoms with E-state index in [1.54, 1.807) is 17.0 Å². The second kappa shape index (κ2) is 9.49. The molecule has 5 heterocycles. The van der Waals surface area contributed by atoms with Gasteiger partial charge >= 0.3 is 18.0 Å². The summed E-state index contributed by atoms with van der Waals surface area (Å²) < 4.78 is 98.0. The minimum atomic E-state index is -6.39. The number of hydrogen-bond donors (Lipinski definition) is 1. The van der Waals surface area contributed by atoms with Crippen LogP contribution in [0.3, 0.4) is 0 Å². The molecule has 0 aromatic carbocycles. The van der Waals surface area contributed by atoms with Crippen molar-refractivity contribution in [3.05, 3.63) is 18.4 Å². The quantitative estimate of drug-likeness (QED) is 0.449. The van der Waals surface area contributed by atoms with Crippen LogP contribution in [0.25, 0.3) is 17.4 Å². The lowest BCUT2D eigenvalue weighted by atomic mass is 10.1. The van der Waals surface area contributed by atoms with E-state index in [-0.39, 0.29) is 55.6 Å². The van der Waals surface area contributed by atoms with Crippen molar-refractivity contribution in [2.75, 3.05) is 49.9 Å². The van der Waals surface area contributed by atoms with Gasteiger partial charge in [0.2, 0.25) is 23.6 Å². The number of fused-ring (bicyclic) bond motifs is 1. The molecule has 1 atom stereocenters. The summed E-state index contributed by atoms with van der Waals surface area (Å²) >= 11 is 0. The minimum absolute atomic E-state index is 0.0383. The van der Waals surface area contributed by atoms with Crippen LogP contribution in [-0.2, 0) is 4.79 Å². The van der Waals surface area contributed by atoms with Gasteiger partial charge in [-0.1, -0.05) is 0 Å². The second-order valence-electron chi connectivity index (χ2n) is 9.24. The Bertz CT molecular complexity index is 1340. The molecule has 2 aliphatic heterocycles. The maximum Gasteiger partial charge on any atom is 0.459 e. The summed E-state index contributed by atoms with van der Waals surface area (Å²) in [5.74, 6) is -11.1. The van der Waals surface area contributed by atoms with Gasteiger partial charge in [-0.3, -0.25) is 9.69 Å². The van der Waals surface area contributed by atoms with Crippen molar-refractivity contribution in [1.29, 1.82) is 0 Å². The van der Waals surface area contributed by atoms with Gasteiger partial charge in [-0.25, -0.2) is 0 Å². The topological polar surface area (TPSA) is 122 Å². The Labute approximate surface area is 215 Å². The van der Waals surface area contributed by atoms with Crippen molar-refractivity contribution >= 4 is 23.6 Å². The molecular formula is C21H22F7N9O2. The van der Waals surface area contributed by atoms with Gasteiger partial charge in [-0.2, -0.15) is 50.2 Å². The zero-order chi connectivity index (χ0) is 28.2. The van der Waals surface area contributed by atoms with Crippen molar-refractivity contribution < 1.29 is 39.9 Å². The summed E-state index contributed by atoms with van der Waals surface area (Å²) in [4.78, 5) is 30.0. The number of furan rings is 1. The maximum atomic E-state index is 13.8. The van der Waals surface area contributed by atoms with E-state index < -0.39 is 30.6 Å². The summed E-state index contributed by atoms with van der Waals surface area (Å²) in [5, 5.41) is 4.21. The largest absolute Gasteiger partial charge is 0.461 e. The van der Waals surface area contributed by atoms with Gasteiger partial charge in [-0.15, -0.1) is 5.10 Å². The van der Waals surface area contributed by atoms with Crippen molar-refractivity contribution in [3.63, 3.8) is 0 Å². The molecule has 0 unspecified atom stereocenters. The first kappa shape index (κ1) is 26.9. The summed E-state index contributed by atoms with van der Waals surface area (Å²) in [6.45, 7) is -2.24. The Balaban J connectivity index is 1.26. The highest BCUT2D eigenvalue weighted by Gasteiger charge is 2.73. The first-order chi connectivity index (χ1) is 18.3. The highest BCUT2D eigenvalue weighted by molar-refractivity contribution is 5.85. The highest BCUT2D eigenvalue weighted by atomic mass is 19.4. The van der Waals surface area contributed by atoms with E-state index in [2.05, 4.69) is 20.1 Å². The fourth-order valence-electron chi connectivity index (χ4n) is 4.62. The van der Waals surface area contributed by atoms with E-state index in [0.29, 0.717) is 25.1 Å². The number of amides is 1. The molecule has 5 rings (SSSR count). The average Bonchev–Trinajstić information content (AvgIpc) is 3.63. The molecule has 18 heteroatoms.